The molecule has 0 spiro atoms. The average Bonchev–Trinajstić information content (AvgIpc) is 2.75. The van der Waals surface area contributed by atoms with Crippen LogP contribution in [0.1, 0.15) is 48.9 Å². The summed E-state index contributed by atoms with van der Waals surface area (Å²) in [6.45, 7) is 8.51. The monoisotopic (exact) mass is 322 g/mol. The molecule has 0 saturated heterocycles. The number of aryl methyl sites for hydroxylation is 2. The van der Waals surface area contributed by atoms with E-state index >= 15 is 0 Å². The van der Waals surface area contributed by atoms with E-state index in [2.05, 4.69) is 4.74 Å². The highest BCUT2D eigenvalue weighted by Crippen LogP contribution is 2.27. The van der Waals surface area contributed by atoms with Crippen LogP contribution in [0.3, 0.4) is 0 Å². The van der Waals surface area contributed by atoms with Gasteiger partial charge < -0.3 is 4.74 Å². The number of hydrogen-bond donors (Lipinski definition) is 0. The first-order valence-electron chi connectivity index (χ1n) is 7.44. The first kappa shape index (κ1) is 16.7. The molecule has 120 valence electrons. The summed E-state index contributed by atoms with van der Waals surface area (Å²) in [7, 11) is 1.37. The third-order valence-corrected chi connectivity index (χ3v) is 4.93. The number of hydrogen-bond acceptors (Lipinski definition) is 5. The Morgan fingerprint density at radius 2 is 2.05 bits per heavy atom. The second kappa shape index (κ2) is 6.60. The molecule has 0 fully saturated rings. The van der Waals surface area contributed by atoms with Crippen LogP contribution >= 0.6 is 11.3 Å². The van der Waals surface area contributed by atoms with Crippen molar-refractivity contribution in [3.05, 3.63) is 26.6 Å². The smallest absolute Gasteiger partial charge is 0.305 e. The highest BCUT2D eigenvalue weighted by molar-refractivity contribution is 7.18. The molecule has 2 aromatic heterocycles. The number of methoxy groups -OCH3 is 1. The summed E-state index contributed by atoms with van der Waals surface area (Å²) in [4.78, 5) is 30.7. The lowest BCUT2D eigenvalue weighted by atomic mass is 10.1. The number of thiophene rings is 1. The van der Waals surface area contributed by atoms with Gasteiger partial charge in [0.2, 0.25) is 0 Å². The predicted octanol–water partition coefficient (Wildman–Crippen LogP) is 3.15. The Morgan fingerprint density at radius 3 is 2.64 bits per heavy atom. The van der Waals surface area contributed by atoms with E-state index in [1.54, 1.807) is 15.9 Å². The van der Waals surface area contributed by atoms with E-state index in [0.29, 0.717) is 24.8 Å². The molecular formula is C16H22N2O3S. The van der Waals surface area contributed by atoms with Crippen molar-refractivity contribution in [1.29, 1.82) is 0 Å². The van der Waals surface area contributed by atoms with Gasteiger partial charge in [-0.25, -0.2) is 4.98 Å². The molecule has 6 heteroatoms. The second-order valence-electron chi connectivity index (χ2n) is 5.72. The topological polar surface area (TPSA) is 61.2 Å². The summed E-state index contributed by atoms with van der Waals surface area (Å²) in [5, 5.41) is 0.713. The van der Waals surface area contributed by atoms with Crippen molar-refractivity contribution in [1.82, 2.24) is 9.55 Å². The molecule has 0 aliphatic carbocycles. The van der Waals surface area contributed by atoms with Crippen molar-refractivity contribution in [2.24, 2.45) is 0 Å². The van der Waals surface area contributed by atoms with Crippen LogP contribution < -0.4 is 5.56 Å². The number of nitrogens with zero attached hydrogens (tertiary/aromatic N) is 2. The van der Waals surface area contributed by atoms with E-state index < -0.39 is 0 Å². The number of aromatic nitrogens is 2. The van der Waals surface area contributed by atoms with Crippen molar-refractivity contribution in [3.8, 4) is 0 Å². The summed E-state index contributed by atoms with van der Waals surface area (Å²) >= 11 is 1.57. The molecule has 0 aromatic carbocycles. The fourth-order valence-corrected chi connectivity index (χ4v) is 3.51. The van der Waals surface area contributed by atoms with Crippen LogP contribution in [-0.4, -0.2) is 22.6 Å². The van der Waals surface area contributed by atoms with Crippen LogP contribution in [0.2, 0.25) is 0 Å². The van der Waals surface area contributed by atoms with Crippen molar-refractivity contribution >= 4 is 27.5 Å². The lowest BCUT2D eigenvalue weighted by Gasteiger charge is -2.14. The van der Waals surface area contributed by atoms with E-state index in [4.69, 9.17) is 4.98 Å². The number of carbonyl (C=O) groups is 1. The predicted molar refractivity (Wildman–Crippen MR) is 88.7 cm³/mol. The Bertz CT molecular complexity index is 759. The molecule has 0 bridgehead atoms. The maximum absolute atomic E-state index is 12.8. The normalized spacial score (nSPS) is 11.4. The number of carbonyl (C=O) groups excluding carboxylic acids is 1. The zero-order valence-corrected chi connectivity index (χ0v) is 14.5. The Balaban J connectivity index is 2.48. The summed E-state index contributed by atoms with van der Waals surface area (Å²) in [5.74, 6) is 0.678. The third kappa shape index (κ3) is 3.06. The summed E-state index contributed by atoms with van der Waals surface area (Å²) in [6.07, 6.45) is 0.877. The van der Waals surface area contributed by atoms with Crippen LogP contribution in [0.5, 0.6) is 0 Å². The molecule has 0 amide bonds. The molecule has 0 aliphatic heterocycles. The Morgan fingerprint density at radius 1 is 1.36 bits per heavy atom. The Kier molecular flexibility index (Phi) is 5.01. The maximum atomic E-state index is 12.8. The van der Waals surface area contributed by atoms with Crippen LogP contribution in [0, 0.1) is 13.8 Å². The zero-order chi connectivity index (χ0) is 16.4. The van der Waals surface area contributed by atoms with Crippen molar-refractivity contribution in [2.75, 3.05) is 7.11 Å². The lowest BCUT2D eigenvalue weighted by molar-refractivity contribution is -0.140. The van der Waals surface area contributed by atoms with Crippen molar-refractivity contribution < 1.29 is 9.53 Å². The molecular weight excluding hydrogens is 300 g/mol. The van der Waals surface area contributed by atoms with Gasteiger partial charge in [-0.3, -0.25) is 14.2 Å². The molecule has 0 saturated carbocycles. The van der Waals surface area contributed by atoms with Crippen LogP contribution in [-0.2, 0) is 16.1 Å². The van der Waals surface area contributed by atoms with E-state index in [-0.39, 0.29) is 17.4 Å². The van der Waals surface area contributed by atoms with Crippen LogP contribution in [0.4, 0.5) is 0 Å². The standard InChI is InChI=1S/C16H22N2O3S/c1-9(2)14-17-15-13(10(3)11(4)22-15)16(20)18(14)8-6-7-12(19)21-5/h9H,6-8H2,1-5H3. The Labute approximate surface area is 133 Å². The van der Waals surface area contributed by atoms with Gasteiger partial charge in [-0.15, -0.1) is 11.3 Å². The SMILES string of the molecule is COC(=O)CCCn1c(C(C)C)nc2sc(C)c(C)c2c1=O. The van der Waals surface area contributed by atoms with Crippen molar-refractivity contribution in [3.63, 3.8) is 0 Å². The van der Waals surface area contributed by atoms with E-state index in [1.807, 2.05) is 27.7 Å². The third-order valence-electron chi connectivity index (χ3n) is 3.83. The average molecular weight is 322 g/mol. The minimum Gasteiger partial charge on any atom is -0.469 e. The van der Waals surface area contributed by atoms with Gasteiger partial charge >= 0.3 is 5.97 Å². The molecule has 0 atom stereocenters. The van der Waals surface area contributed by atoms with E-state index in [1.165, 1.54) is 7.11 Å². The minimum atomic E-state index is -0.254. The number of ether oxygens (including phenoxy) is 1. The summed E-state index contributed by atoms with van der Waals surface area (Å²) in [6, 6.07) is 0. The quantitative estimate of drug-likeness (QED) is 0.793. The van der Waals surface area contributed by atoms with Gasteiger partial charge in [-0.05, 0) is 25.8 Å². The number of esters is 1. The molecule has 2 heterocycles. The molecule has 2 aromatic rings. The molecule has 5 nitrogen and oxygen atoms in total. The molecule has 0 radical (unpaired) electrons. The van der Waals surface area contributed by atoms with Gasteiger partial charge in [-0.1, -0.05) is 13.8 Å². The molecule has 0 aliphatic rings. The zero-order valence-electron chi connectivity index (χ0n) is 13.7. The molecule has 0 N–H and O–H groups in total. The number of fused-ring (bicyclic) bond motifs is 1. The fourth-order valence-electron chi connectivity index (χ4n) is 2.48. The van der Waals surface area contributed by atoms with Gasteiger partial charge in [0, 0.05) is 23.8 Å². The molecule has 22 heavy (non-hydrogen) atoms. The van der Waals surface area contributed by atoms with Crippen LogP contribution in [0.25, 0.3) is 10.2 Å². The molecule has 0 unspecified atom stereocenters. The van der Waals surface area contributed by atoms with Gasteiger partial charge in [0.25, 0.3) is 5.56 Å². The van der Waals surface area contributed by atoms with Gasteiger partial charge in [0.1, 0.15) is 10.7 Å². The Hall–Kier alpha value is -1.69. The maximum Gasteiger partial charge on any atom is 0.305 e. The summed E-state index contributed by atoms with van der Waals surface area (Å²) < 4.78 is 6.37. The van der Waals surface area contributed by atoms with Crippen LogP contribution in [0.15, 0.2) is 4.79 Å². The highest BCUT2D eigenvalue weighted by atomic mass is 32.1. The van der Waals surface area contributed by atoms with E-state index in [0.717, 1.165) is 21.1 Å². The highest BCUT2D eigenvalue weighted by Gasteiger charge is 2.18. The minimum absolute atomic E-state index is 0.000385. The van der Waals surface area contributed by atoms with E-state index in [9.17, 15) is 9.59 Å². The van der Waals surface area contributed by atoms with Gasteiger partial charge in [0.05, 0.1) is 12.5 Å². The first-order valence-corrected chi connectivity index (χ1v) is 8.25. The van der Waals surface area contributed by atoms with Gasteiger partial charge in [-0.2, -0.15) is 0 Å². The molecule has 2 rings (SSSR count). The first-order chi connectivity index (χ1) is 10.4. The largest absolute Gasteiger partial charge is 0.469 e. The van der Waals surface area contributed by atoms with Gasteiger partial charge in [0.15, 0.2) is 0 Å². The number of rotatable bonds is 5. The second-order valence-corrected chi connectivity index (χ2v) is 6.93. The van der Waals surface area contributed by atoms with Crippen molar-refractivity contribution in [2.45, 2.75) is 53.0 Å². The lowest BCUT2D eigenvalue weighted by Crippen LogP contribution is -2.26. The fraction of sp³-hybridized carbons (Fsp3) is 0.562. The summed E-state index contributed by atoms with van der Waals surface area (Å²) in [5.41, 5.74) is 1.01.